The van der Waals surface area contributed by atoms with Crippen molar-refractivity contribution < 1.29 is 8.42 Å². The minimum Gasteiger partial charge on any atom is -0.385 e. The van der Waals surface area contributed by atoms with Gasteiger partial charge in [0.05, 0.1) is 16.8 Å². The fraction of sp³-hybridized carbons (Fsp3) is 0.364. The molecule has 0 unspecified atom stereocenters. The Morgan fingerprint density at radius 1 is 1.39 bits per heavy atom. The van der Waals surface area contributed by atoms with Crippen LogP contribution in [0.5, 0.6) is 0 Å². The first-order valence-corrected chi connectivity index (χ1v) is 7.57. The van der Waals surface area contributed by atoms with Gasteiger partial charge in [0.15, 0.2) is 0 Å². The number of hydrogen-bond acceptors (Lipinski definition) is 4. The van der Waals surface area contributed by atoms with Gasteiger partial charge in [-0.1, -0.05) is 11.6 Å². The molecule has 98 valence electrons. The van der Waals surface area contributed by atoms with E-state index in [2.05, 4.69) is 10.0 Å². The summed E-state index contributed by atoms with van der Waals surface area (Å²) < 4.78 is 24.0. The van der Waals surface area contributed by atoms with Crippen molar-refractivity contribution >= 4 is 27.3 Å². The summed E-state index contributed by atoms with van der Waals surface area (Å²) in [6.07, 6.45) is 1.78. The average molecular weight is 288 g/mol. The van der Waals surface area contributed by atoms with Crippen LogP contribution in [-0.2, 0) is 10.0 Å². The van der Waals surface area contributed by atoms with Gasteiger partial charge in [0.2, 0.25) is 10.0 Å². The fourth-order valence-corrected chi connectivity index (χ4v) is 2.03. The predicted molar refractivity (Wildman–Crippen MR) is 72.1 cm³/mol. The van der Waals surface area contributed by atoms with Gasteiger partial charge < -0.3 is 5.32 Å². The molecule has 2 N–H and O–H groups in total. The van der Waals surface area contributed by atoms with Crippen LogP contribution >= 0.6 is 11.6 Å². The van der Waals surface area contributed by atoms with E-state index >= 15 is 0 Å². The highest BCUT2D eigenvalue weighted by molar-refractivity contribution is 7.88. The third-order valence-electron chi connectivity index (χ3n) is 2.14. The molecule has 1 aromatic carbocycles. The molecule has 1 rings (SSSR count). The van der Waals surface area contributed by atoms with Crippen LogP contribution in [-0.4, -0.2) is 27.8 Å². The number of anilines is 1. The molecule has 0 aliphatic heterocycles. The van der Waals surface area contributed by atoms with Gasteiger partial charge in [-0.2, -0.15) is 5.26 Å². The molecule has 0 aliphatic carbocycles. The highest BCUT2D eigenvalue weighted by atomic mass is 35.5. The predicted octanol–water partition coefficient (Wildman–Crippen LogP) is 1.56. The molecular formula is C11H14ClN3O2S. The maximum atomic E-state index is 10.8. The van der Waals surface area contributed by atoms with Gasteiger partial charge in [-0.05, 0) is 24.6 Å². The Labute approximate surface area is 112 Å². The molecule has 1 aromatic rings. The normalized spacial score (nSPS) is 10.9. The van der Waals surface area contributed by atoms with Crippen molar-refractivity contribution in [1.29, 1.82) is 5.26 Å². The van der Waals surface area contributed by atoms with E-state index in [1.807, 2.05) is 6.07 Å². The summed E-state index contributed by atoms with van der Waals surface area (Å²) in [7, 11) is -3.12. The van der Waals surface area contributed by atoms with Crippen LogP contribution in [0.4, 0.5) is 5.69 Å². The van der Waals surface area contributed by atoms with E-state index in [0.29, 0.717) is 30.1 Å². The second-order valence-corrected chi connectivity index (χ2v) is 5.99. The number of rotatable bonds is 6. The number of halogens is 1. The number of hydrogen-bond donors (Lipinski definition) is 2. The monoisotopic (exact) mass is 287 g/mol. The van der Waals surface area contributed by atoms with Crippen molar-refractivity contribution in [2.24, 2.45) is 0 Å². The topological polar surface area (TPSA) is 82.0 Å². The summed E-state index contributed by atoms with van der Waals surface area (Å²) in [6.45, 7) is 1.00. The van der Waals surface area contributed by atoms with E-state index in [9.17, 15) is 8.42 Å². The van der Waals surface area contributed by atoms with Crippen LogP contribution in [0.1, 0.15) is 12.0 Å². The van der Waals surface area contributed by atoms with E-state index in [4.69, 9.17) is 16.9 Å². The van der Waals surface area contributed by atoms with Crippen LogP contribution in [0.25, 0.3) is 0 Å². The molecule has 18 heavy (non-hydrogen) atoms. The molecule has 0 aromatic heterocycles. The van der Waals surface area contributed by atoms with Crippen molar-refractivity contribution in [1.82, 2.24) is 4.72 Å². The Hall–Kier alpha value is -1.29. The Morgan fingerprint density at radius 3 is 2.67 bits per heavy atom. The lowest BCUT2D eigenvalue weighted by atomic mass is 10.2. The lowest BCUT2D eigenvalue weighted by Gasteiger charge is -2.07. The number of benzene rings is 1. The molecule has 0 fully saturated rings. The molecule has 0 aliphatic rings. The second kappa shape index (κ2) is 6.59. The number of sulfonamides is 1. The van der Waals surface area contributed by atoms with Gasteiger partial charge in [0.1, 0.15) is 6.07 Å². The zero-order valence-corrected chi connectivity index (χ0v) is 11.5. The van der Waals surface area contributed by atoms with Gasteiger partial charge in [-0.25, -0.2) is 13.1 Å². The molecule has 0 amide bonds. The summed E-state index contributed by atoms with van der Waals surface area (Å²) in [6, 6.07) is 7.05. The molecule has 0 heterocycles. The molecule has 0 atom stereocenters. The third-order valence-corrected chi connectivity index (χ3v) is 3.18. The molecular weight excluding hydrogens is 274 g/mol. The van der Waals surface area contributed by atoms with Gasteiger partial charge in [0, 0.05) is 18.8 Å². The lowest BCUT2D eigenvalue weighted by Crippen LogP contribution is -2.24. The lowest BCUT2D eigenvalue weighted by molar-refractivity contribution is 0.586. The van der Waals surface area contributed by atoms with Crippen LogP contribution in [0.2, 0.25) is 5.02 Å². The van der Waals surface area contributed by atoms with E-state index in [-0.39, 0.29) is 0 Å². The van der Waals surface area contributed by atoms with E-state index in [1.165, 1.54) is 0 Å². The van der Waals surface area contributed by atoms with Crippen LogP contribution < -0.4 is 10.0 Å². The molecule has 0 saturated heterocycles. The van der Waals surface area contributed by atoms with Crippen molar-refractivity contribution in [3.05, 3.63) is 28.8 Å². The van der Waals surface area contributed by atoms with Crippen molar-refractivity contribution in [2.75, 3.05) is 24.7 Å². The minimum absolute atomic E-state index is 0.385. The van der Waals surface area contributed by atoms with Crippen molar-refractivity contribution in [3.63, 3.8) is 0 Å². The first-order chi connectivity index (χ1) is 8.42. The summed E-state index contributed by atoms with van der Waals surface area (Å²) in [4.78, 5) is 0. The second-order valence-electron chi connectivity index (χ2n) is 3.75. The van der Waals surface area contributed by atoms with Crippen LogP contribution in [0, 0.1) is 11.3 Å². The van der Waals surface area contributed by atoms with Crippen molar-refractivity contribution in [3.8, 4) is 6.07 Å². The first-order valence-electron chi connectivity index (χ1n) is 5.30. The summed E-state index contributed by atoms with van der Waals surface area (Å²) >= 11 is 5.88. The van der Waals surface area contributed by atoms with Crippen LogP contribution in [0.15, 0.2) is 18.2 Å². The summed E-state index contributed by atoms with van der Waals surface area (Å²) in [5.74, 6) is 0. The molecule has 5 nitrogen and oxygen atoms in total. The van der Waals surface area contributed by atoms with Gasteiger partial charge in [0.25, 0.3) is 0 Å². The van der Waals surface area contributed by atoms with E-state index in [0.717, 1.165) is 11.9 Å². The summed E-state index contributed by atoms with van der Waals surface area (Å²) in [5, 5.41) is 12.2. The van der Waals surface area contributed by atoms with Gasteiger partial charge >= 0.3 is 0 Å². The Balaban J connectivity index is 2.37. The fourth-order valence-electron chi connectivity index (χ4n) is 1.29. The number of nitriles is 1. The number of nitrogens with zero attached hydrogens (tertiary/aromatic N) is 1. The third kappa shape index (κ3) is 5.36. The standard InChI is InChI=1S/C11H14ClN3O2S/c1-18(16,17)15-6-2-5-14-10-4-3-9(8-13)11(12)7-10/h3-4,7,14-15H,2,5-6H2,1H3. The van der Waals surface area contributed by atoms with Crippen LogP contribution in [0.3, 0.4) is 0 Å². The maximum Gasteiger partial charge on any atom is 0.208 e. The maximum absolute atomic E-state index is 10.8. The smallest absolute Gasteiger partial charge is 0.208 e. The summed E-state index contributed by atoms with van der Waals surface area (Å²) in [5.41, 5.74) is 1.24. The SMILES string of the molecule is CS(=O)(=O)NCCCNc1ccc(C#N)c(Cl)c1. The van der Waals surface area contributed by atoms with Crippen molar-refractivity contribution in [2.45, 2.75) is 6.42 Å². The largest absolute Gasteiger partial charge is 0.385 e. The highest BCUT2D eigenvalue weighted by Crippen LogP contribution is 2.19. The minimum atomic E-state index is -3.12. The molecule has 0 spiro atoms. The zero-order valence-electron chi connectivity index (χ0n) is 9.90. The Kier molecular flexibility index (Phi) is 5.41. The zero-order chi connectivity index (χ0) is 13.6. The van der Waals surface area contributed by atoms with Gasteiger partial charge in [-0.3, -0.25) is 0 Å². The van der Waals surface area contributed by atoms with E-state index in [1.54, 1.807) is 18.2 Å². The van der Waals surface area contributed by atoms with Gasteiger partial charge in [-0.15, -0.1) is 0 Å². The molecule has 0 radical (unpaired) electrons. The Morgan fingerprint density at radius 2 is 2.11 bits per heavy atom. The average Bonchev–Trinajstić information content (AvgIpc) is 2.27. The molecule has 0 bridgehead atoms. The molecule has 0 saturated carbocycles. The quantitative estimate of drug-likeness (QED) is 0.778. The first kappa shape index (κ1) is 14.8. The van der Waals surface area contributed by atoms with E-state index < -0.39 is 10.0 Å². The Bertz CT molecular complexity index is 552. The molecule has 7 heteroatoms. The number of nitrogens with one attached hydrogen (secondary N) is 2. The highest BCUT2D eigenvalue weighted by Gasteiger charge is 2.01.